The van der Waals surface area contributed by atoms with E-state index < -0.39 is 0 Å². The molecule has 0 atom stereocenters. The van der Waals surface area contributed by atoms with Gasteiger partial charge in [0.25, 0.3) is 0 Å². The van der Waals surface area contributed by atoms with Gasteiger partial charge in [-0.1, -0.05) is 11.2 Å². The van der Waals surface area contributed by atoms with Crippen LogP contribution in [0.2, 0.25) is 0 Å². The van der Waals surface area contributed by atoms with E-state index >= 15 is 0 Å². The van der Waals surface area contributed by atoms with Crippen molar-refractivity contribution >= 4 is 17.0 Å². The summed E-state index contributed by atoms with van der Waals surface area (Å²) >= 11 is 0. The van der Waals surface area contributed by atoms with Crippen LogP contribution in [0.25, 0.3) is 33.3 Å². The maximum atomic E-state index is 9.45. The van der Waals surface area contributed by atoms with Crippen LogP contribution in [0, 0.1) is 32.1 Å². The number of nitrogens with zero attached hydrogens (tertiary/aromatic N) is 4. The molecule has 0 amide bonds. The second kappa shape index (κ2) is 7.56. The summed E-state index contributed by atoms with van der Waals surface area (Å²) in [6.45, 7) is 8.91. The molecular weight excluding hydrogens is 390 g/mol. The van der Waals surface area contributed by atoms with Gasteiger partial charge in [-0.25, -0.2) is 4.98 Å². The number of aromatic amines is 1. The van der Waals surface area contributed by atoms with Crippen molar-refractivity contribution in [1.29, 1.82) is 5.26 Å². The summed E-state index contributed by atoms with van der Waals surface area (Å²) in [7, 11) is 0. The van der Waals surface area contributed by atoms with Crippen molar-refractivity contribution in [3.05, 3.63) is 52.9 Å². The van der Waals surface area contributed by atoms with Gasteiger partial charge in [-0.15, -0.1) is 0 Å². The number of rotatable bonds is 3. The lowest BCUT2D eigenvalue weighted by atomic mass is 9.93. The van der Waals surface area contributed by atoms with E-state index in [0.717, 1.165) is 69.3 Å². The first-order valence-electron chi connectivity index (χ1n) is 10.4. The van der Waals surface area contributed by atoms with Crippen molar-refractivity contribution in [1.82, 2.24) is 15.1 Å². The molecule has 0 aliphatic carbocycles. The van der Waals surface area contributed by atoms with Crippen molar-refractivity contribution in [2.45, 2.75) is 20.8 Å². The van der Waals surface area contributed by atoms with E-state index in [1.54, 1.807) is 0 Å². The van der Waals surface area contributed by atoms with E-state index in [4.69, 9.17) is 14.2 Å². The molecule has 0 radical (unpaired) electrons. The van der Waals surface area contributed by atoms with Gasteiger partial charge >= 0.3 is 0 Å². The Bertz CT molecular complexity index is 1300. The van der Waals surface area contributed by atoms with Crippen LogP contribution >= 0.6 is 0 Å². The molecule has 1 aliphatic rings. The van der Waals surface area contributed by atoms with E-state index in [9.17, 15) is 5.26 Å². The lowest BCUT2D eigenvalue weighted by Crippen LogP contribution is -2.36. The number of hydrogen-bond donors (Lipinski definition) is 1. The number of benzene rings is 2. The summed E-state index contributed by atoms with van der Waals surface area (Å²) in [6, 6.07) is 12.2. The molecule has 0 unspecified atom stereocenters. The number of imidazole rings is 1. The normalized spacial score (nSPS) is 14.2. The first-order valence-corrected chi connectivity index (χ1v) is 10.4. The quantitative estimate of drug-likeness (QED) is 0.531. The third-order valence-corrected chi connectivity index (χ3v) is 5.86. The minimum absolute atomic E-state index is 0.625. The molecular formula is C24H23N5O2. The smallest absolute Gasteiger partial charge is 0.204 e. The topological polar surface area (TPSA) is 91.0 Å². The van der Waals surface area contributed by atoms with E-state index in [0.29, 0.717) is 18.8 Å². The number of H-pyrrole nitrogens is 1. The highest BCUT2D eigenvalue weighted by Crippen LogP contribution is 2.38. The van der Waals surface area contributed by atoms with Crippen LogP contribution in [0.5, 0.6) is 0 Å². The van der Waals surface area contributed by atoms with E-state index in [1.807, 2.05) is 32.0 Å². The molecule has 4 aromatic rings. The summed E-state index contributed by atoms with van der Waals surface area (Å²) in [5.74, 6) is 1.61. The monoisotopic (exact) mass is 413 g/mol. The predicted octanol–water partition coefficient (Wildman–Crippen LogP) is 4.52. The van der Waals surface area contributed by atoms with Gasteiger partial charge in [0.2, 0.25) is 5.95 Å². The van der Waals surface area contributed by atoms with Crippen molar-refractivity contribution in [2.75, 3.05) is 31.2 Å². The molecule has 31 heavy (non-hydrogen) atoms. The van der Waals surface area contributed by atoms with Crippen LogP contribution in [-0.4, -0.2) is 41.4 Å². The van der Waals surface area contributed by atoms with Crippen LogP contribution in [0.3, 0.4) is 0 Å². The highest BCUT2D eigenvalue weighted by atomic mass is 16.5. The van der Waals surface area contributed by atoms with Crippen LogP contribution in [0.15, 0.2) is 34.9 Å². The number of anilines is 1. The molecule has 0 bridgehead atoms. The molecule has 2 aromatic heterocycles. The Kier molecular flexibility index (Phi) is 4.72. The fourth-order valence-corrected chi connectivity index (χ4v) is 4.26. The first-order chi connectivity index (χ1) is 15.0. The fourth-order valence-electron chi connectivity index (χ4n) is 4.26. The van der Waals surface area contributed by atoms with Crippen molar-refractivity contribution in [2.24, 2.45) is 0 Å². The number of nitrogens with one attached hydrogen (secondary N) is 1. The van der Waals surface area contributed by atoms with Gasteiger partial charge in [-0.3, -0.25) is 0 Å². The molecule has 0 saturated carbocycles. The summed E-state index contributed by atoms with van der Waals surface area (Å²) in [4.78, 5) is 10.7. The summed E-state index contributed by atoms with van der Waals surface area (Å²) in [6.07, 6.45) is 0. The average molecular weight is 413 g/mol. The van der Waals surface area contributed by atoms with Crippen LogP contribution in [0.4, 0.5) is 5.95 Å². The minimum atomic E-state index is 0.625. The largest absolute Gasteiger partial charge is 0.378 e. The Morgan fingerprint density at radius 2 is 1.87 bits per heavy atom. The molecule has 5 rings (SSSR count). The zero-order valence-corrected chi connectivity index (χ0v) is 17.8. The van der Waals surface area contributed by atoms with Crippen molar-refractivity contribution in [3.63, 3.8) is 0 Å². The van der Waals surface area contributed by atoms with E-state index in [1.165, 1.54) is 0 Å². The van der Waals surface area contributed by atoms with Gasteiger partial charge in [0.05, 0.1) is 41.6 Å². The highest BCUT2D eigenvalue weighted by molar-refractivity contribution is 5.98. The number of morpholine rings is 1. The Hall–Kier alpha value is -3.63. The lowest BCUT2D eigenvalue weighted by molar-refractivity contribution is 0.122. The number of hydrogen-bond acceptors (Lipinski definition) is 6. The second-order valence-electron chi connectivity index (χ2n) is 7.92. The zero-order chi connectivity index (χ0) is 21.5. The molecule has 7 nitrogen and oxygen atoms in total. The Labute approximate surface area is 180 Å². The second-order valence-corrected chi connectivity index (χ2v) is 7.92. The molecule has 3 heterocycles. The molecule has 1 N–H and O–H groups in total. The molecule has 0 spiro atoms. The van der Waals surface area contributed by atoms with Gasteiger partial charge < -0.3 is 19.1 Å². The van der Waals surface area contributed by atoms with Crippen LogP contribution < -0.4 is 4.90 Å². The lowest BCUT2D eigenvalue weighted by Gasteiger charge is -2.26. The molecule has 1 aliphatic heterocycles. The first kappa shape index (κ1) is 19.3. The van der Waals surface area contributed by atoms with Gasteiger partial charge in [0, 0.05) is 24.2 Å². The van der Waals surface area contributed by atoms with Gasteiger partial charge in [0.15, 0.2) is 0 Å². The molecule has 7 heteroatoms. The number of aryl methyl sites for hydroxylation is 3. The van der Waals surface area contributed by atoms with Gasteiger partial charge in [0.1, 0.15) is 5.76 Å². The average Bonchev–Trinajstić information content (AvgIpc) is 3.37. The van der Waals surface area contributed by atoms with Gasteiger partial charge in [-0.2, -0.15) is 5.26 Å². The highest BCUT2D eigenvalue weighted by Gasteiger charge is 2.21. The third-order valence-electron chi connectivity index (χ3n) is 5.86. The Morgan fingerprint density at radius 1 is 1.06 bits per heavy atom. The van der Waals surface area contributed by atoms with Crippen molar-refractivity contribution < 1.29 is 9.26 Å². The summed E-state index contributed by atoms with van der Waals surface area (Å²) in [5.41, 5.74) is 8.37. The number of fused-ring (bicyclic) bond motifs is 1. The predicted molar refractivity (Wildman–Crippen MR) is 119 cm³/mol. The van der Waals surface area contributed by atoms with Crippen LogP contribution in [0.1, 0.15) is 22.6 Å². The standard InChI is InChI=1S/C24H23N5O2/c1-14-4-5-17(13-25)10-19(14)20-11-18(22-15(2)28-31-16(22)3)12-21-23(20)27-24(26-21)29-6-8-30-9-7-29/h4-5,10-12H,6-9H2,1-3H3,(H,26,27). The van der Waals surface area contributed by atoms with E-state index in [-0.39, 0.29) is 0 Å². The van der Waals surface area contributed by atoms with Crippen molar-refractivity contribution in [3.8, 4) is 28.3 Å². The summed E-state index contributed by atoms with van der Waals surface area (Å²) in [5, 5.41) is 13.6. The number of ether oxygens (including phenoxy) is 1. The minimum Gasteiger partial charge on any atom is -0.378 e. The zero-order valence-electron chi connectivity index (χ0n) is 17.8. The third kappa shape index (κ3) is 3.35. The number of aromatic nitrogens is 3. The van der Waals surface area contributed by atoms with Crippen LogP contribution in [-0.2, 0) is 4.74 Å². The van der Waals surface area contributed by atoms with E-state index in [2.05, 4.69) is 40.2 Å². The SMILES string of the molecule is Cc1ccc(C#N)cc1-c1cc(-c2c(C)noc2C)cc2[nH]c(N3CCOCC3)nc12. The summed E-state index contributed by atoms with van der Waals surface area (Å²) < 4.78 is 10.9. The number of nitriles is 1. The Balaban J connectivity index is 1.77. The Morgan fingerprint density at radius 3 is 2.58 bits per heavy atom. The maximum Gasteiger partial charge on any atom is 0.204 e. The molecule has 1 fully saturated rings. The molecule has 2 aromatic carbocycles. The fraction of sp³-hybridized carbons (Fsp3) is 0.292. The molecule has 156 valence electrons. The van der Waals surface area contributed by atoms with Gasteiger partial charge in [-0.05, 0) is 61.7 Å². The molecule has 1 saturated heterocycles. The maximum absolute atomic E-state index is 9.45.